The van der Waals surface area contributed by atoms with Crippen molar-refractivity contribution < 1.29 is 52.3 Å². The molecular weight excluding hydrogens is 680 g/mol. The van der Waals surface area contributed by atoms with Gasteiger partial charge in [0.05, 0.1) is 35.0 Å². The monoisotopic (exact) mass is 732 g/mol. The minimum atomic E-state index is -1.40. The largest absolute Gasteiger partial charge is 0.452 e. The van der Waals surface area contributed by atoms with Crippen LogP contribution in [0.4, 0.5) is 0 Å². The van der Waals surface area contributed by atoms with E-state index >= 15 is 0 Å². The molecule has 5 rings (SSSR count). The summed E-state index contributed by atoms with van der Waals surface area (Å²) in [5, 5.41) is 0. The standard InChI is InChI=1S/C42H52O11/c1-6-8-25-46-33-27(3)48-28(4)34(36(33)47-26-9-7-2)53-42-38(52-41(45)32-23-17-12-18-24-32)37(51-40(44)31-21-15-11-16-22-31)35(29(5)49-42)50-39(43)30-19-13-10-14-20-30/h10-24,27-29,33-38,42H,6-9,25-26H2,1-5H3/t27?,28-,29?,33-,34?,35-,36?,37?,38?,42-/m0/s1. The average Bonchev–Trinajstić information content (AvgIpc) is 3.17. The fourth-order valence-corrected chi connectivity index (χ4v) is 6.51. The molecule has 0 spiro atoms. The van der Waals surface area contributed by atoms with E-state index in [2.05, 4.69) is 13.8 Å². The first-order chi connectivity index (χ1) is 25.7. The lowest BCUT2D eigenvalue weighted by molar-refractivity contribution is -0.337. The number of carbonyl (C=O) groups is 3. The van der Waals surface area contributed by atoms with E-state index in [0.29, 0.717) is 13.2 Å². The van der Waals surface area contributed by atoms with Gasteiger partial charge in [0.1, 0.15) is 18.3 Å². The zero-order chi connectivity index (χ0) is 37.7. The zero-order valence-electron chi connectivity index (χ0n) is 31.2. The number of rotatable bonds is 16. The molecule has 0 N–H and O–H groups in total. The van der Waals surface area contributed by atoms with Crippen molar-refractivity contribution in [2.45, 2.75) is 122 Å². The highest BCUT2D eigenvalue weighted by Gasteiger charge is 2.55. The van der Waals surface area contributed by atoms with Crippen molar-refractivity contribution in [3.63, 3.8) is 0 Å². The summed E-state index contributed by atoms with van der Waals surface area (Å²) >= 11 is 0. The van der Waals surface area contributed by atoms with E-state index in [1.807, 2.05) is 13.8 Å². The van der Waals surface area contributed by atoms with E-state index in [9.17, 15) is 14.4 Å². The Bertz CT molecular complexity index is 1570. The van der Waals surface area contributed by atoms with Crippen molar-refractivity contribution in [3.8, 4) is 0 Å². The fourth-order valence-electron chi connectivity index (χ4n) is 6.51. The molecule has 2 aliphatic heterocycles. The van der Waals surface area contributed by atoms with E-state index in [0.717, 1.165) is 25.7 Å². The number of hydrogen-bond donors (Lipinski definition) is 0. The van der Waals surface area contributed by atoms with Gasteiger partial charge in [-0.1, -0.05) is 81.3 Å². The van der Waals surface area contributed by atoms with Crippen molar-refractivity contribution in [3.05, 3.63) is 108 Å². The first-order valence-electron chi connectivity index (χ1n) is 18.7. The van der Waals surface area contributed by atoms with Crippen LogP contribution in [0.2, 0.25) is 0 Å². The smallest absolute Gasteiger partial charge is 0.338 e. The Kier molecular flexibility index (Phi) is 15.0. The van der Waals surface area contributed by atoms with Gasteiger partial charge in [0, 0.05) is 13.2 Å². The molecule has 2 saturated heterocycles. The summed E-state index contributed by atoms with van der Waals surface area (Å²) < 4.78 is 50.8. The molecule has 2 fully saturated rings. The molecule has 53 heavy (non-hydrogen) atoms. The van der Waals surface area contributed by atoms with Gasteiger partial charge in [-0.2, -0.15) is 0 Å². The predicted molar refractivity (Wildman–Crippen MR) is 195 cm³/mol. The van der Waals surface area contributed by atoms with Gasteiger partial charge >= 0.3 is 17.9 Å². The van der Waals surface area contributed by atoms with E-state index in [4.69, 9.17) is 37.9 Å². The second-order valence-corrected chi connectivity index (χ2v) is 13.4. The molecule has 2 heterocycles. The van der Waals surface area contributed by atoms with Gasteiger partial charge < -0.3 is 37.9 Å². The lowest BCUT2D eigenvalue weighted by Gasteiger charge is -2.48. The second-order valence-electron chi connectivity index (χ2n) is 13.4. The zero-order valence-corrected chi connectivity index (χ0v) is 31.2. The van der Waals surface area contributed by atoms with Crippen LogP contribution in [0, 0.1) is 0 Å². The molecule has 0 aromatic heterocycles. The Balaban J connectivity index is 1.53. The van der Waals surface area contributed by atoms with Gasteiger partial charge in [-0.3, -0.25) is 0 Å². The third-order valence-corrected chi connectivity index (χ3v) is 9.39. The molecule has 0 radical (unpaired) electrons. The summed E-state index contributed by atoms with van der Waals surface area (Å²) in [6.07, 6.45) is -5.15. The summed E-state index contributed by atoms with van der Waals surface area (Å²) in [5.41, 5.74) is 0.793. The maximum absolute atomic E-state index is 13.8. The van der Waals surface area contributed by atoms with E-state index in [1.54, 1.807) is 97.9 Å². The molecule has 10 atom stereocenters. The molecule has 0 bridgehead atoms. The van der Waals surface area contributed by atoms with Crippen LogP contribution in [-0.2, 0) is 37.9 Å². The van der Waals surface area contributed by atoms with Crippen molar-refractivity contribution in [1.29, 1.82) is 0 Å². The Labute approximate surface area is 312 Å². The number of esters is 3. The molecule has 3 aromatic carbocycles. The molecule has 11 heteroatoms. The number of benzene rings is 3. The third kappa shape index (κ3) is 10.5. The highest BCUT2D eigenvalue weighted by atomic mass is 16.7. The summed E-state index contributed by atoms with van der Waals surface area (Å²) in [4.78, 5) is 41.0. The Morgan fingerprint density at radius 2 is 0.887 bits per heavy atom. The number of ether oxygens (including phenoxy) is 8. The lowest BCUT2D eigenvalue weighted by atomic mass is 9.94. The van der Waals surface area contributed by atoms with Gasteiger partial charge in [-0.25, -0.2) is 14.4 Å². The quantitative estimate of drug-likeness (QED) is 0.0862. The minimum absolute atomic E-state index is 0.254. The van der Waals surface area contributed by atoms with Crippen LogP contribution in [0.3, 0.4) is 0 Å². The lowest BCUT2D eigenvalue weighted by Crippen LogP contribution is -2.65. The number of unbranched alkanes of at least 4 members (excludes halogenated alkanes) is 2. The van der Waals surface area contributed by atoms with Crippen molar-refractivity contribution >= 4 is 17.9 Å². The third-order valence-electron chi connectivity index (χ3n) is 9.39. The van der Waals surface area contributed by atoms with Crippen LogP contribution in [0.5, 0.6) is 0 Å². The molecule has 11 nitrogen and oxygen atoms in total. The first-order valence-corrected chi connectivity index (χ1v) is 18.7. The van der Waals surface area contributed by atoms with Gasteiger partial charge in [0.15, 0.2) is 24.6 Å². The first kappa shape index (κ1) is 40.1. The van der Waals surface area contributed by atoms with Gasteiger partial charge in [0.25, 0.3) is 0 Å². The summed E-state index contributed by atoms with van der Waals surface area (Å²) in [6, 6.07) is 25.2. The van der Waals surface area contributed by atoms with Crippen LogP contribution >= 0.6 is 0 Å². The van der Waals surface area contributed by atoms with E-state index < -0.39 is 73.0 Å². The average molecular weight is 733 g/mol. The Hall–Kier alpha value is -4.13. The van der Waals surface area contributed by atoms with Gasteiger partial charge in [0.2, 0.25) is 0 Å². The van der Waals surface area contributed by atoms with Crippen LogP contribution < -0.4 is 0 Å². The summed E-state index contributed by atoms with van der Waals surface area (Å²) in [5.74, 6) is -2.09. The normalized spacial score (nSPS) is 28.5. The van der Waals surface area contributed by atoms with Crippen LogP contribution in [-0.4, -0.2) is 92.3 Å². The second kappa shape index (κ2) is 19.8. The van der Waals surface area contributed by atoms with Crippen molar-refractivity contribution in [2.24, 2.45) is 0 Å². The van der Waals surface area contributed by atoms with Gasteiger partial charge in [-0.05, 0) is 70.0 Å². The SMILES string of the molecule is CCCCOC1C(O[C@@H]2OC(C)[C@H](OC(=O)c3ccccc3)C(OC(=O)c3ccccc3)C2OC(=O)c2ccccc2)[C@H](C)OC(C)[C@@H]1OCCCC. The molecule has 0 aliphatic carbocycles. The summed E-state index contributed by atoms with van der Waals surface area (Å²) in [6.45, 7) is 10.7. The van der Waals surface area contributed by atoms with E-state index in [-0.39, 0.29) is 22.8 Å². The highest BCUT2D eigenvalue weighted by molar-refractivity contribution is 5.91. The molecule has 286 valence electrons. The maximum Gasteiger partial charge on any atom is 0.338 e. The molecule has 0 saturated carbocycles. The number of hydrogen-bond acceptors (Lipinski definition) is 11. The molecular formula is C42H52O11. The molecule has 2 aliphatic rings. The Morgan fingerprint density at radius 3 is 1.36 bits per heavy atom. The minimum Gasteiger partial charge on any atom is -0.452 e. The highest BCUT2D eigenvalue weighted by Crippen LogP contribution is 2.35. The fraction of sp³-hybridized carbons (Fsp3) is 0.500. The topological polar surface area (TPSA) is 125 Å². The molecule has 6 unspecified atom stereocenters. The van der Waals surface area contributed by atoms with Gasteiger partial charge in [-0.15, -0.1) is 0 Å². The molecule has 0 amide bonds. The maximum atomic E-state index is 13.8. The van der Waals surface area contributed by atoms with Crippen LogP contribution in [0.15, 0.2) is 91.0 Å². The molecule has 3 aromatic rings. The van der Waals surface area contributed by atoms with Crippen LogP contribution in [0.25, 0.3) is 0 Å². The number of carbonyl (C=O) groups excluding carboxylic acids is 3. The van der Waals surface area contributed by atoms with Crippen molar-refractivity contribution in [1.82, 2.24) is 0 Å². The van der Waals surface area contributed by atoms with Crippen molar-refractivity contribution in [2.75, 3.05) is 13.2 Å². The summed E-state index contributed by atoms with van der Waals surface area (Å²) in [7, 11) is 0. The van der Waals surface area contributed by atoms with E-state index in [1.165, 1.54) is 0 Å². The predicted octanol–water partition coefficient (Wildman–Crippen LogP) is 6.97. The Morgan fingerprint density at radius 1 is 0.491 bits per heavy atom. The van der Waals surface area contributed by atoms with Crippen LogP contribution in [0.1, 0.15) is 91.4 Å².